The second-order valence-corrected chi connectivity index (χ2v) is 12.4. The number of nitrogens with zero attached hydrogens (tertiary/aromatic N) is 3. The Kier molecular flexibility index (Phi) is 6.15. The second-order valence-electron chi connectivity index (χ2n) is 12.4. The number of aromatic nitrogens is 3. The van der Waals surface area contributed by atoms with Crippen LogP contribution < -0.4 is 0 Å². The van der Waals surface area contributed by atoms with E-state index in [0.29, 0.717) is 17.5 Å². The van der Waals surface area contributed by atoms with Crippen LogP contribution in [0.3, 0.4) is 0 Å². The summed E-state index contributed by atoms with van der Waals surface area (Å²) in [5.41, 5.74) is 6.56. The van der Waals surface area contributed by atoms with E-state index in [4.69, 9.17) is 19.4 Å². The van der Waals surface area contributed by atoms with Crippen LogP contribution in [0.2, 0.25) is 0 Å². The molecule has 0 spiro atoms. The van der Waals surface area contributed by atoms with E-state index in [2.05, 4.69) is 91.0 Å². The summed E-state index contributed by atoms with van der Waals surface area (Å²) < 4.78 is 6.83. The predicted octanol–water partition coefficient (Wildman–Crippen LogP) is 11.9. The molecule has 0 N–H and O–H groups in total. The van der Waals surface area contributed by atoms with E-state index in [-0.39, 0.29) is 0 Å². The van der Waals surface area contributed by atoms with Gasteiger partial charge in [-0.05, 0) is 62.1 Å². The van der Waals surface area contributed by atoms with Crippen molar-refractivity contribution in [2.75, 3.05) is 0 Å². The van der Waals surface area contributed by atoms with E-state index in [1.807, 2.05) is 72.8 Å². The number of benzene rings is 8. The molecular formula is C45H27N3O. The fourth-order valence-corrected chi connectivity index (χ4v) is 7.25. The minimum atomic E-state index is 0.602. The van der Waals surface area contributed by atoms with Gasteiger partial charge in [0.1, 0.15) is 11.2 Å². The van der Waals surface area contributed by atoms with Crippen LogP contribution >= 0.6 is 0 Å². The zero-order chi connectivity index (χ0) is 32.3. The van der Waals surface area contributed by atoms with Gasteiger partial charge in [-0.25, -0.2) is 15.0 Å². The average molecular weight is 626 g/mol. The first-order chi connectivity index (χ1) is 24.3. The van der Waals surface area contributed by atoms with Crippen molar-refractivity contribution in [1.29, 1.82) is 0 Å². The topological polar surface area (TPSA) is 51.8 Å². The van der Waals surface area contributed by atoms with E-state index >= 15 is 0 Å². The van der Waals surface area contributed by atoms with Gasteiger partial charge in [0.25, 0.3) is 0 Å². The monoisotopic (exact) mass is 625 g/mol. The molecule has 8 aromatic carbocycles. The molecule has 10 aromatic rings. The van der Waals surface area contributed by atoms with Crippen molar-refractivity contribution in [3.8, 4) is 45.3 Å². The summed E-state index contributed by atoms with van der Waals surface area (Å²) in [6.45, 7) is 0. The van der Waals surface area contributed by atoms with Gasteiger partial charge >= 0.3 is 0 Å². The maximum absolute atomic E-state index is 6.83. The first kappa shape index (κ1) is 27.5. The number of hydrogen-bond acceptors (Lipinski definition) is 4. The van der Waals surface area contributed by atoms with Gasteiger partial charge in [-0.3, -0.25) is 0 Å². The number of hydrogen-bond donors (Lipinski definition) is 0. The molecule has 0 aliphatic rings. The lowest BCUT2D eigenvalue weighted by molar-refractivity contribution is 0.670. The summed E-state index contributed by atoms with van der Waals surface area (Å²) in [6, 6.07) is 56.8. The minimum Gasteiger partial charge on any atom is -0.455 e. The molecule has 0 bridgehead atoms. The van der Waals surface area contributed by atoms with E-state index in [1.165, 1.54) is 32.3 Å². The quantitative estimate of drug-likeness (QED) is 0.183. The highest BCUT2D eigenvalue weighted by molar-refractivity contribution is 6.25. The lowest BCUT2D eigenvalue weighted by Gasteiger charge is -2.15. The van der Waals surface area contributed by atoms with Gasteiger partial charge in [-0.2, -0.15) is 0 Å². The van der Waals surface area contributed by atoms with Crippen molar-refractivity contribution in [3.63, 3.8) is 0 Å². The zero-order valence-electron chi connectivity index (χ0n) is 26.3. The van der Waals surface area contributed by atoms with Gasteiger partial charge < -0.3 is 4.42 Å². The summed E-state index contributed by atoms with van der Waals surface area (Å²) in [7, 11) is 0. The highest BCUT2D eigenvalue weighted by Crippen LogP contribution is 2.45. The molecule has 0 unspecified atom stereocenters. The third-order valence-corrected chi connectivity index (χ3v) is 9.51. The van der Waals surface area contributed by atoms with Gasteiger partial charge in [0.2, 0.25) is 0 Å². The summed E-state index contributed by atoms with van der Waals surface area (Å²) in [6.07, 6.45) is 0. The summed E-state index contributed by atoms with van der Waals surface area (Å²) >= 11 is 0. The van der Waals surface area contributed by atoms with E-state index in [1.54, 1.807) is 0 Å². The van der Waals surface area contributed by atoms with Crippen molar-refractivity contribution in [3.05, 3.63) is 164 Å². The SMILES string of the molecule is c1ccc(-c2nc(-c3ccccc3)nc(-c3ccc(-c4cc5ccccc5c5ccc6ccccc6c45)c4oc5ccccc5c34)n2)cc1. The molecule has 228 valence electrons. The largest absolute Gasteiger partial charge is 0.455 e. The molecule has 49 heavy (non-hydrogen) atoms. The zero-order valence-corrected chi connectivity index (χ0v) is 26.3. The Balaban J connectivity index is 1.31. The third-order valence-electron chi connectivity index (χ3n) is 9.51. The average Bonchev–Trinajstić information content (AvgIpc) is 3.57. The lowest BCUT2D eigenvalue weighted by atomic mass is 9.88. The summed E-state index contributed by atoms with van der Waals surface area (Å²) in [4.78, 5) is 15.2. The molecule has 0 radical (unpaired) electrons. The Bertz CT molecular complexity index is 2820. The molecule has 0 saturated heterocycles. The van der Waals surface area contributed by atoms with Crippen molar-refractivity contribution in [2.24, 2.45) is 0 Å². The van der Waals surface area contributed by atoms with Gasteiger partial charge in [0.15, 0.2) is 17.5 Å². The van der Waals surface area contributed by atoms with Gasteiger partial charge in [0, 0.05) is 33.0 Å². The molecule has 0 amide bonds. The van der Waals surface area contributed by atoms with Crippen LogP contribution in [0.25, 0.3) is 99.5 Å². The maximum Gasteiger partial charge on any atom is 0.164 e. The Hall–Kier alpha value is -6.65. The normalized spacial score (nSPS) is 11.7. The molecule has 0 aliphatic carbocycles. The Morgan fingerprint density at radius 2 is 0.918 bits per heavy atom. The Morgan fingerprint density at radius 1 is 0.347 bits per heavy atom. The highest BCUT2D eigenvalue weighted by atomic mass is 16.3. The van der Waals surface area contributed by atoms with Crippen molar-refractivity contribution in [2.45, 2.75) is 0 Å². The maximum atomic E-state index is 6.83. The first-order valence-corrected chi connectivity index (χ1v) is 16.5. The highest BCUT2D eigenvalue weighted by Gasteiger charge is 2.22. The van der Waals surface area contributed by atoms with E-state index in [0.717, 1.165) is 49.8 Å². The van der Waals surface area contributed by atoms with Gasteiger partial charge in [0.05, 0.1) is 0 Å². The summed E-state index contributed by atoms with van der Waals surface area (Å²) in [5, 5.41) is 9.28. The summed E-state index contributed by atoms with van der Waals surface area (Å²) in [5.74, 6) is 1.85. The van der Waals surface area contributed by atoms with Gasteiger partial charge in [-0.15, -0.1) is 0 Å². The van der Waals surface area contributed by atoms with E-state index < -0.39 is 0 Å². The number of fused-ring (bicyclic) bond motifs is 8. The van der Waals surface area contributed by atoms with Crippen LogP contribution in [0.15, 0.2) is 168 Å². The van der Waals surface area contributed by atoms with Crippen LogP contribution in [0, 0.1) is 0 Å². The molecule has 0 saturated carbocycles. The molecule has 2 heterocycles. The molecule has 10 rings (SSSR count). The van der Waals surface area contributed by atoms with Crippen LogP contribution in [-0.2, 0) is 0 Å². The smallest absolute Gasteiger partial charge is 0.164 e. The van der Waals surface area contributed by atoms with Crippen LogP contribution in [0.4, 0.5) is 0 Å². The molecule has 0 aliphatic heterocycles. The molecular weight excluding hydrogens is 599 g/mol. The Labute approximate surface area is 282 Å². The molecule has 4 nitrogen and oxygen atoms in total. The Morgan fingerprint density at radius 3 is 1.65 bits per heavy atom. The minimum absolute atomic E-state index is 0.602. The van der Waals surface area contributed by atoms with Crippen LogP contribution in [-0.4, -0.2) is 15.0 Å². The third kappa shape index (κ3) is 4.42. The first-order valence-electron chi connectivity index (χ1n) is 16.5. The lowest BCUT2D eigenvalue weighted by Crippen LogP contribution is -2.00. The number of para-hydroxylation sites is 1. The van der Waals surface area contributed by atoms with Gasteiger partial charge in [-0.1, -0.05) is 140 Å². The fraction of sp³-hybridized carbons (Fsp3) is 0. The van der Waals surface area contributed by atoms with Crippen LogP contribution in [0.5, 0.6) is 0 Å². The van der Waals surface area contributed by atoms with E-state index in [9.17, 15) is 0 Å². The second kappa shape index (κ2) is 11.0. The molecule has 0 atom stereocenters. The van der Waals surface area contributed by atoms with Crippen molar-refractivity contribution >= 4 is 54.3 Å². The van der Waals surface area contributed by atoms with Crippen LogP contribution in [0.1, 0.15) is 0 Å². The number of rotatable bonds is 4. The molecule has 0 fully saturated rings. The fourth-order valence-electron chi connectivity index (χ4n) is 7.25. The molecule has 4 heteroatoms. The number of furan rings is 1. The standard InChI is InChI=1S/C45H27N3O/c1-3-14-29(15-4-1)43-46-44(30-16-5-2-6-17-30)48-45(47-43)37-26-25-35(42-41(37)36-21-11-12-22-39(36)49-42)38-27-31-18-8-9-19-32(31)34-24-23-28-13-7-10-20-33(28)40(34)38/h1-27H. The predicted molar refractivity (Wildman–Crippen MR) is 201 cm³/mol. The van der Waals surface area contributed by atoms with Crippen molar-refractivity contribution < 1.29 is 4.42 Å². The molecule has 2 aromatic heterocycles. The van der Waals surface area contributed by atoms with Crippen molar-refractivity contribution in [1.82, 2.24) is 15.0 Å².